The third kappa shape index (κ3) is 5.26. The molecule has 0 saturated heterocycles. The van der Waals surface area contributed by atoms with Crippen LogP contribution in [0.4, 0.5) is 9.18 Å². The Morgan fingerprint density at radius 2 is 1.77 bits per heavy atom. The van der Waals surface area contributed by atoms with Gasteiger partial charge in [0.15, 0.2) is 6.29 Å². The van der Waals surface area contributed by atoms with Gasteiger partial charge in [0, 0.05) is 17.9 Å². The van der Waals surface area contributed by atoms with Crippen LogP contribution in [0.1, 0.15) is 59.3 Å². The van der Waals surface area contributed by atoms with E-state index in [1.807, 2.05) is 0 Å². The van der Waals surface area contributed by atoms with E-state index in [1.54, 1.807) is 7.11 Å². The molecule has 174 valence electrons. The summed E-state index contributed by atoms with van der Waals surface area (Å²) >= 11 is 0. The maximum atomic E-state index is 13.2. The number of hydrogen-bond donors (Lipinski definition) is 0. The first-order valence-electron chi connectivity index (χ1n) is 10.3. The Balaban J connectivity index is 1.62. The number of carbonyl (C=O) groups excluding carboxylic acids is 1. The van der Waals surface area contributed by atoms with E-state index in [2.05, 4.69) is 25.5 Å². The van der Waals surface area contributed by atoms with E-state index in [0.717, 1.165) is 38.5 Å². The molecular formula is C20H32FO8S-. The van der Waals surface area contributed by atoms with Crippen molar-refractivity contribution in [2.24, 2.45) is 22.7 Å². The Hall–Kier alpha value is -0.970. The Bertz CT molecular complexity index is 732. The highest BCUT2D eigenvalue weighted by atomic mass is 32.2. The van der Waals surface area contributed by atoms with Crippen LogP contribution >= 0.6 is 0 Å². The zero-order chi connectivity index (χ0) is 22.4. The number of methoxy groups -OCH3 is 1. The summed E-state index contributed by atoms with van der Waals surface area (Å²) in [5.74, 6) is 0.952. The van der Waals surface area contributed by atoms with Crippen LogP contribution in [-0.2, 0) is 29.1 Å². The molecule has 0 aliphatic heterocycles. The first-order chi connectivity index (χ1) is 13.8. The van der Waals surface area contributed by atoms with Gasteiger partial charge >= 0.3 is 6.16 Å². The van der Waals surface area contributed by atoms with Gasteiger partial charge in [0.05, 0.1) is 5.60 Å². The average molecular weight is 452 g/mol. The fourth-order valence-corrected chi connectivity index (χ4v) is 6.18. The third-order valence-corrected chi connectivity index (χ3v) is 7.31. The van der Waals surface area contributed by atoms with E-state index in [-0.39, 0.29) is 29.3 Å². The maximum absolute atomic E-state index is 13.2. The van der Waals surface area contributed by atoms with Crippen molar-refractivity contribution in [1.29, 1.82) is 0 Å². The van der Waals surface area contributed by atoms with E-state index in [9.17, 15) is 22.2 Å². The van der Waals surface area contributed by atoms with Gasteiger partial charge in [-0.1, -0.05) is 20.8 Å². The second kappa shape index (κ2) is 8.18. The molecular weight excluding hydrogens is 419 g/mol. The van der Waals surface area contributed by atoms with E-state index in [0.29, 0.717) is 11.8 Å². The van der Waals surface area contributed by atoms with E-state index >= 15 is 0 Å². The van der Waals surface area contributed by atoms with Crippen LogP contribution in [0.15, 0.2) is 0 Å². The van der Waals surface area contributed by atoms with Gasteiger partial charge in [-0.2, -0.15) is 0 Å². The van der Waals surface area contributed by atoms with Crippen LogP contribution in [0.25, 0.3) is 0 Å². The van der Waals surface area contributed by atoms with Gasteiger partial charge in [-0.05, 0) is 50.4 Å². The van der Waals surface area contributed by atoms with Gasteiger partial charge < -0.3 is 23.5 Å². The molecule has 8 nitrogen and oxygen atoms in total. The number of ether oxygens (including phenoxy) is 4. The molecule has 4 aliphatic carbocycles. The van der Waals surface area contributed by atoms with Gasteiger partial charge in [0.1, 0.15) is 23.3 Å². The fraction of sp³-hybridized carbons (Fsp3) is 0.950. The lowest BCUT2D eigenvalue weighted by Crippen LogP contribution is -2.60. The van der Waals surface area contributed by atoms with Gasteiger partial charge in [-0.25, -0.2) is 17.6 Å². The molecule has 0 heterocycles. The predicted molar refractivity (Wildman–Crippen MR) is 103 cm³/mol. The molecule has 0 N–H and O–H groups in total. The van der Waals surface area contributed by atoms with Gasteiger partial charge in [0.25, 0.3) is 0 Å². The summed E-state index contributed by atoms with van der Waals surface area (Å²) in [5.41, 5.74) is -3.56. The fourth-order valence-electron chi connectivity index (χ4n) is 5.95. The molecule has 0 aromatic heterocycles. The number of rotatable bonds is 8. The SMILES string of the molecule is COC(OC12CC3CC(CC(COC(=O)OCC(F)S(=O)(=O)[O-])(C3)C1)C2)C(C)(C)C. The quantitative estimate of drug-likeness (QED) is 0.314. The van der Waals surface area contributed by atoms with Crippen molar-refractivity contribution >= 4 is 16.3 Å². The molecule has 0 radical (unpaired) electrons. The summed E-state index contributed by atoms with van der Waals surface area (Å²) in [7, 11) is -3.52. The topological polar surface area (TPSA) is 111 Å². The molecule has 4 atom stereocenters. The summed E-state index contributed by atoms with van der Waals surface area (Å²) in [6.07, 6.45) is 4.08. The van der Waals surface area contributed by atoms with Crippen LogP contribution in [-0.4, -0.2) is 56.8 Å². The van der Waals surface area contributed by atoms with E-state index < -0.39 is 28.4 Å². The standard InChI is InChI=1S/C20H33FO8S/c1-18(2,3)16(26-4)29-20-8-13-5-14(9-20)7-19(6-13,11-20)12-28-17(22)27-10-15(21)30(23,24)25/h13-16H,5-12H2,1-4H3,(H,23,24,25)/p-1. The second-order valence-electron chi connectivity index (χ2n) is 10.4. The van der Waals surface area contributed by atoms with Crippen molar-refractivity contribution in [2.45, 2.75) is 76.7 Å². The number of hydrogen-bond acceptors (Lipinski definition) is 8. The highest BCUT2D eigenvalue weighted by Crippen LogP contribution is 2.63. The zero-order valence-corrected chi connectivity index (χ0v) is 18.8. The monoisotopic (exact) mass is 451 g/mol. The first-order valence-corrected chi connectivity index (χ1v) is 11.8. The number of alkyl halides is 1. The summed E-state index contributed by atoms with van der Waals surface area (Å²) in [4.78, 5) is 11.8. The molecule has 4 saturated carbocycles. The van der Waals surface area contributed by atoms with Crippen LogP contribution < -0.4 is 0 Å². The lowest BCUT2D eigenvalue weighted by atomic mass is 9.48. The smallest absolute Gasteiger partial charge is 0.508 e. The molecule has 0 aromatic rings. The summed E-state index contributed by atoms with van der Waals surface area (Å²) in [6.45, 7) is 5.12. The van der Waals surface area contributed by atoms with Crippen LogP contribution in [0.5, 0.6) is 0 Å². The second-order valence-corrected chi connectivity index (χ2v) is 11.9. The third-order valence-electron chi connectivity index (χ3n) is 6.55. The summed E-state index contributed by atoms with van der Waals surface area (Å²) in [6, 6.07) is 0. The number of carbonyl (C=O) groups is 1. The molecule has 0 aromatic carbocycles. The van der Waals surface area contributed by atoms with Crippen molar-refractivity contribution in [3.8, 4) is 0 Å². The lowest BCUT2D eigenvalue weighted by molar-refractivity contribution is -0.291. The average Bonchev–Trinajstić information content (AvgIpc) is 2.59. The van der Waals surface area contributed by atoms with E-state index in [1.165, 1.54) is 0 Å². The van der Waals surface area contributed by atoms with Gasteiger partial charge in [0.2, 0.25) is 5.50 Å². The summed E-state index contributed by atoms with van der Waals surface area (Å²) < 4.78 is 66.8. The van der Waals surface area contributed by atoms with Crippen molar-refractivity contribution in [3.63, 3.8) is 0 Å². The molecule has 4 aliphatic rings. The highest BCUT2D eigenvalue weighted by Gasteiger charge is 2.60. The molecule has 30 heavy (non-hydrogen) atoms. The van der Waals surface area contributed by atoms with Gasteiger partial charge in [-0.3, -0.25) is 0 Å². The predicted octanol–water partition coefficient (Wildman–Crippen LogP) is 3.35. The molecule has 4 fully saturated rings. The van der Waals surface area contributed by atoms with Crippen molar-refractivity contribution in [1.82, 2.24) is 0 Å². The van der Waals surface area contributed by atoms with Gasteiger partial charge in [-0.15, -0.1) is 0 Å². The Kier molecular flexibility index (Phi) is 6.46. The van der Waals surface area contributed by atoms with Crippen LogP contribution in [0.2, 0.25) is 0 Å². The molecule has 4 bridgehead atoms. The zero-order valence-electron chi connectivity index (χ0n) is 18.0. The molecule has 0 amide bonds. The maximum Gasteiger partial charge on any atom is 0.508 e. The van der Waals surface area contributed by atoms with Crippen molar-refractivity contribution < 1.29 is 41.1 Å². The lowest BCUT2D eigenvalue weighted by Gasteiger charge is -2.62. The molecule has 4 rings (SSSR count). The Morgan fingerprint density at radius 3 is 2.27 bits per heavy atom. The van der Waals surface area contributed by atoms with Crippen molar-refractivity contribution in [2.75, 3.05) is 20.3 Å². The Morgan fingerprint density at radius 1 is 1.17 bits per heavy atom. The van der Waals surface area contributed by atoms with Crippen LogP contribution in [0, 0.1) is 22.7 Å². The van der Waals surface area contributed by atoms with Crippen LogP contribution in [0.3, 0.4) is 0 Å². The molecule has 4 unspecified atom stereocenters. The largest absolute Gasteiger partial charge is 0.746 e. The molecule has 10 heteroatoms. The summed E-state index contributed by atoms with van der Waals surface area (Å²) in [5, 5.41) is 0. The highest BCUT2D eigenvalue weighted by molar-refractivity contribution is 7.86. The first kappa shape index (κ1) is 23.7. The normalized spacial score (nSPS) is 35.1. The minimum atomic E-state index is -5.16. The minimum Gasteiger partial charge on any atom is -0.746 e. The van der Waals surface area contributed by atoms with Crippen molar-refractivity contribution in [3.05, 3.63) is 0 Å². The number of halogens is 1. The Labute approximate surface area is 177 Å². The van der Waals surface area contributed by atoms with E-state index in [4.69, 9.17) is 14.2 Å². The minimum absolute atomic E-state index is 0.0954. The molecule has 0 spiro atoms.